The summed E-state index contributed by atoms with van der Waals surface area (Å²) < 4.78 is 5.30. The number of thioether (sulfide) groups is 1. The molecule has 2 aromatic carbocycles. The fraction of sp³-hybridized carbons (Fsp3) is 0.348. The quantitative estimate of drug-likeness (QED) is 0.364. The number of imide groups is 1. The lowest BCUT2D eigenvalue weighted by atomic mass is 9.76. The molecule has 0 radical (unpaired) electrons. The van der Waals surface area contributed by atoms with Crippen LogP contribution in [0.1, 0.15) is 12.0 Å². The van der Waals surface area contributed by atoms with Crippen LogP contribution in [0.5, 0.6) is 5.75 Å². The van der Waals surface area contributed by atoms with E-state index >= 15 is 0 Å². The number of anilines is 2. The van der Waals surface area contributed by atoms with Crippen molar-refractivity contribution in [3.63, 3.8) is 0 Å². The van der Waals surface area contributed by atoms with E-state index in [0.29, 0.717) is 17.7 Å². The molecule has 1 spiro atoms. The van der Waals surface area contributed by atoms with E-state index in [0.717, 1.165) is 10.7 Å². The number of carbonyl (C=O) groups is 3. The lowest BCUT2D eigenvalue weighted by molar-refractivity contribution is -0.384. The molecule has 0 unspecified atom stereocenters. The molecule has 10 nitrogen and oxygen atoms in total. The number of hydrogen-bond donors (Lipinski definition) is 2. The first kappa shape index (κ1) is 22.4. The number of hydrogen-bond acceptors (Lipinski definition) is 8. The van der Waals surface area contributed by atoms with Gasteiger partial charge in [-0.1, -0.05) is 18.2 Å². The molecular weight excluding hydrogens is 460 g/mol. The van der Waals surface area contributed by atoms with Gasteiger partial charge in [0.25, 0.3) is 5.69 Å². The van der Waals surface area contributed by atoms with E-state index in [1.807, 2.05) is 6.26 Å². The molecule has 11 heteroatoms. The fourth-order valence-corrected chi connectivity index (χ4v) is 5.94. The fourth-order valence-electron chi connectivity index (χ4n) is 5.45. The molecule has 2 saturated heterocycles. The third kappa shape index (κ3) is 2.96. The van der Waals surface area contributed by atoms with Gasteiger partial charge in [0.2, 0.25) is 17.7 Å². The molecule has 0 aromatic heterocycles. The SMILES string of the molecule is COc1cc([N+](=O)[O-])ccc1N1C(=O)[C@@H]2[C@@H](C1=O)[C@@]1(N[C@@H]2CCSC)C(=O)Nc2ccccc21. The van der Waals surface area contributed by atoms with Gasteiger partial charge in [-0.3, -0.25) is 29.8 Å². The molecule has 3 amide bonds. The van der Waals surface area contributed by atoms with Crippen LogP contribution in [0.4, 0.5) is 17.1 Å². The van der Waals surface area contributed by atoms with Gasteiger partial charge in [0.1, 0.15) is 11.3 Å². The summed E-state index contributed by atoms with van der Waals surface area (Å²) in [5, 5.41) is 17.4. The molecule has 2 aromatic rings. The molecule has 2 fully saturated rings. The molecule has 0 aliphatic carbocycles. The van der Waals surface area contributed by atoms with Crippen molar-refractivity contribution in [1.29, 1.82) is 0 Å². The highest BCUT2D eigenvalue weighted by Gasteiger charge is 2.70. The summed E-state index contributed by atoms with van der Waals surface area (Å²) in [6, 6.07) is 10.5. The van der Waals surface area contributed by atoms with Crippen LogP contribution in [0.15, 0.2) is 42.5 Å². The van der Waals surface area contributed by atoms with Crippen molar-refractivity contribution in [2.24, 2.45) is 11.8 Å². The zero-order chi connectivity index (χ0) is 24.2. The van der Waals surface area contributed by atoms with Crippen LogP contribution < -0.4 is 20.3 Å². The first-order valence-electron chi connectivity index (χ1n) is 10.7. The molecule has 0 bridgehead atoms. The van der Waals surface area contributed by atoms with Gasteiger partial charge in [-0.15, -0.1) is 0 Å². The summed E-state index contributed by atoms with van der Waals surface area (Å²) >= 11 is 1.62. The van der Waals surface area contributed by atoms with Crippen molar-refractivity contribution in [2.75, 3.05) is 29.3 Å². The third-order valence-electron chi connectivity index (χ3n) is 6.87. The Morgan fingerprint density at radius 2 is 1.94 bits per heavy atom. The van der Waals surface area contributed by atoms with Gasteiger partial charge < -0.3 is 10.1 Å². The van der Waals surface area contributed by atoms with Crippen LogP contribution in [-0.2, 0) is 19.9 Å². The number of carbonyl (C=O) groups excluding carboxylic acids is 3. The van der Waals surface area contributed by atoms with Gasteiger partial charge >= 0.3 is 0 Å². The highest BCUT2D eigenvalue weighted by atomic mass is 32.2. The maximum Gasteiger partial charge on any atom is 0.273 e. The molecule has 0 saturated carbocycles. The van der Waals surface area contributed by atoms with E-state index in [4.69, 9.17) is 4.74 Å². The maximum absolute atomic E-state index is 13.9. The number of nitro groups is 1. The van der Waals surface area contributed by atoms with Crippen LogP contribution >= 0.6 is 11.8 Å². The number of methoxy groups -OCH3 is 1. The van der Waals surface area contributed by atoms with Gasteiger partial charge in [0.05, 0.1) is 35.6 Å². The van der Waals surface area contributed by atoms with Gasteiger partial charge in [0, 0.05) is 23.4 Å². The Morgan fingerprint density at radius 3 is 2.65 bits per heavy atom. The number of fused-ring (bicyclic) bond motifs is 4. The zero-order valence-corrected chi connectivity index (χ0v) is 19.3. The average molecular weight is 483 g/mol. The Labute approximate surface area is 199 Å². The van der Waals surface area contributed by atoms with Crippen LogP contribution in [0.2, 0.25) is 0 Å². The summed E-state index contributed by atoms with van der Waals surface area (Å²) in [7, 11) is 1.32. The van der Waals surface area contributed by atoms with E-state index in [9.17, 15) is 24.5 Å². The highest BCUT2D eigenvalue weighted by molar-refractivity contribution is 7.98. The van der Waals surface area contributed by atoms with E-state index in [-0.39, 0.29) is 23.0 Å². The van der Waals surface area contributed by atoms with E-state index < -0.39 is 40.2 Å². The first-order valence-corrected chi connectivity index (χ1v) is 12.1. The summed E-state index contributed by atoms with van der Waals surface area (Å²) in [5.41, 5.74) is -0.223. The van der Waals surface area contributed by atoms with Crippen molar-refractivity contribution in [3.05, 3.63) is 58.1 Å². The molecule has 3 heterocycles. The standard InChI is InChI=1S/C23H22N4O6S/c1-33-17-11-12(27(31)32)7-8-16(17)26-20(28)18-15(9-10-34-2)25-23(19(18)21(26)29)13-5-3-4-6-14(13)24-22(23)30/h3-8,11,15,18-19,25H,9-10H2,1-2H3,(H,24,30)/t15-,18+,19+,23-/m1/s1. The molecule has 5 rings (SSSR count). The second-order valence-electron chi connectivity index (χ2n) is 8.47. The maximum atomic E-state index is 13.9. The van der Waals surface area contributed by atoms with Gasteiger partial charge in [-0.2, -0.15) is 11.8 Å². The van der Waals surface area contributed by atoms with Crippen LogP contribution in [-0.4, -0.2) is 47.8 Å². The lowest BCUT2D eigenvalue weighted by Gasteiger charge is -2.29. The number of non-ortho nitro benzene ring substituents is 1. The average Bonchev–Trinajstić information content (AvgIpc) is 3.41. The van der Waals surface area contributed by atoms with Crippen molar-refractivity contribution < 1.29 is 24.0 Å². The minimum Gasteiger partial charge on any atom is -0.494 e. The van der Waals surface area contributed by atoms with Crippen molar-refractivity contribution in [3.8, 4) is 5.75 Å². The summed E-state index contributed by atoms with van der Waals surface area (Å²) in [6.45, 7) is 0. The van der Waals surface area contributed by atoms with Crippen LogP contribution in [0.25, 0.3) is 0 Å². The van der Waals surface area contributed by atoms with E-state index in [2.05, 4.69) is 10.6 Å². The second-order valence-corrected chi connectivity index (χ2v) is 9.45. The normalized spacial score (nSPS) is 27.2. The number of ether oxygens (including phenoxy) is 1. The monoisotopic (exact) mass is 482 g/mol. The molecular formula is C23H22N4O6S. The third-order valence-corrected chi connectivity index (χ3v) is 7.51. The highest BCUT2D eigenvalue weighted by Crippen LogP contribution is 2.54. The minimum atomic E-state index is -1.38. The summed E-state index contributed by atoms with van der Waals surface area (Å²) in [6.07, 6.45) is 2.54. The summed E-state index contributed by atoms with van der Waals surface area (Å²) in [4.78, 5) is 52.7. The molecule has 2 N–H and O–H groups in total. The van der Waals surface area contributed by atoms with Crippen molar-refractivity contribution in [1.82, 2.24) is 5.32 Å². The predicted molar refractivity (Wildman–Crippen MR) is 126 cm³/mol. The Kier molecular flexibility index (Phi) is 5.33. The number of nitro benzene ring substituents is 1. The molecule has 3 aliphatic heterocycles. The zero-order valence-electron chi connectivity index (χ0n) is 18.4. The van der Waals surface area contributed by atoms with Gasteiger partial charge in [-0.05, 0) is 30.6 Å². The van der Waals surface area contributed by atoms with Crippen molar-refractivity contribution >= 4 is 46.5 Å². The number of amides is 3. The topological polar surface area (TPSA) is 131 Å². The van der Waals surface area contributed by atoms with Crippen LogP contribution in [0.3, 0.4) is 0 Å². The molecule has 3 aliphatic rings. The van der Waals surface area contributed by atoms with Gasteiger partial charge in [-0.25, -0.2) is 4.90 Å². The number of para-hydroxylation sites is 1. The van der Waals surface area contributed by atoms with E-state index in [1.54, 1.807) is 36.0 Å². The number of nitrogens with one attached hydrogen (secondary N) is 2. The van der Waals surface area contributed by atoms with Gasteiger partial charge in [0.15, 0.2) is 0 Å². The predicted octanol–water partition coefficient (Wildman–Crippen LogP) is 2.28. The lowest BCUT2D eigenvalue weighted by Crippen LogP contribution is -2.53. The number of benzene rings is 2. The molecule has 34 heavy (non-hydrogen) atoms. The number of nitrogens with zero attached hydrogens (tertiary/aromatic N) is 2. The van der Waals surface area contributed by atoms with Crippen LogP contribution in [0, 0.1) is 22.0 Å². The van der Waals surface area contributed by atoms with Crippen molar-refractivity contribution in [2.45, 2.75) is 18.0 Å². The Hall–Kier alpha value is -3.44. The first-order chi connectivity index (χ1) is 16.3. The minimum absolute atomic E-state index is 0.0369. The second kappa shape index (κ2) is 8.10. The Morgan fingerprint density at radius 1 is 1.18 bits per heavy atom. The number of rotatable bonds is 6. The summed E-state index contributed by atoms with van der Waals surface area (Å²) in [5.74, 6) is -2.30. The largest absolute Gasteiger partial charge is 0.494 e. The Balaban J connectivity index is 1.64. The Bertz CT molecular complexity index is 1240. The molecule has 4 atom stereocenters. The van der Waals surface area contributed by atoms with E-state index in [1.165, 1.54) is 25.3 Å². The molecule has 176 valence electrons. The smallest absolute Gasteiger partial charge is 0.273 e.